The Morgan fingerprint density at radius 2 is 1.59 bits per heavy atom. The molecule has 0 saturated heterocycles. The molecule has 0 aliphatic heterocycles. The number of amides is 1. The first kappa shape index (κ1) is 24.6. The molecule has 5 aromatic carbocycles. The highest BCUT2D eigenvalue weighted by Crippen LogP contribution is 2.41. The zero-order valence-electron chi connectivity index (χ0n) is 20.2. The second-order valence-corrected chi connectivity index (χ2v) is 9.07. The number of rotatable bonds is 5. The van der Waals surface area contributed by atoms with Gasteiger partial charge in [0.25, 0.3) is 5.91 Å². The lowest BCUT2D eigenvalue weighted by Gasteiger charge is -2.16. The van der Waals surface area contributed by atoms with Gasteiger partial charge in [0.05, 0.1) is 19.3 Å². The van der Waals surface area contributed by atoms with Gasteiger partial charge in [0, 0.05) is 17.0 Å². The van der Waals surface area contributed by atoms with E-state index in [1.807, 2.05) is 42.5 Å². The number of aliphatic hydroxyl groups is 1. The average Bonchev–Trinajstić information content (AvgIpc) is 2.89. The van der Waals surface area contributed by atoms with Gasteiger partial charge in [0.1, 0.15) is 5.75 Å². The molecule has 4 nitrogen and oxygen atoms in total. The highest BCUT2D eigenvalue weighted by atomic mass is 19.4. The molecule has 0 heterocycles. The number of benzene rings is 5. The van der Waals surface area contributed by atoms with Crippen LogP contribution in [0.2, 0.25) is 0 Å². The van der Waals surface area contributed by atoms with Gasteiger partial charge in [0.2, 0.25) is 0 Å². The van der Waals surface area contributed by atoms with Crippen molar-refractivity contribution in [3.8, 4) is 16.9 Å². The molecule has 2 N–H and O–H groups in total. The molecule has 0 spiro atoms. The molecular weight excluding hydrogens is 479 g/mol. The number of alkyl halides is 3. The minimum Gasteiger partial charge on any atom is -0.496 e. The van der Waals surface area contributed by atoms with Gasteiger partial charge < -0.3 is 15.2 Å². The molecule has 0 aliphatic rings. The van der Waals surface area contributed by atoms with Crippen LogP contribution in [0.25, 0.3) is 43.4 Å². The molecule has 5 aromatic rings. The van der Waals surface area contributed by atoms with E-state index >= 15 is 0 Å². The van der Waals surface area contributed by atoms with Gasteiger partial charge in [-0.1, -0.05) is 30.3 Å². The summed E-state index contributed by atoms with van der Waals surface area (Å²) in [6, 6.07) is 21.7. The molecule has 0 bridgehead atoms. The third-order valence-electron chi connectivity index (χ3n) is 6.55. The maximum Gasteiger partial charge on any atom is 0.416 e. The van der Waals surface area contributed by atoms with E-state index in [0.29, 0.717) is 16.9 Å². The Hall–Kier alpha value is -4.10. The van der Waals surface area contributed by atoms with Gasteiger partial charge in [-0.2, -0.15) is 13.2 Å². The predicted octanol–water partition coefficient (Wildman–Crippen LogP) is 6.95. The number of hydrogen-bond acceptors (Lipinski definition) is 3. The van der Waals surface area contributed by atoms with Crippen LogP contribution in [0.1, 0.15) is 22.8 Å². The van der Waals surface area contributed by atoms with E-state index in [2.05, 4.69) is 5.32 Å². The van der Waals surface area contributed by atoms with Gasteiger partial charge in [0.15, 0.2) is 0 Å². The Labute approximate surface area is 211 Å². The van der Waals surface area contributed by atoms with Gasteiger partial charge in [-0.15, -0.1) is 0 Å². The molecule has 0 aromatic heterocycles. The smallest absolute Gasteiger partial charge is 0.416 e. The third kappa shape index (κ3) is 4.58. The van der Waals surface area contributed by atoms with Gasteiger partial charge >= 0.3 is 6.18 Å². The fourth-order valence-electron chi connectivity index (χ4n) is 4.68. The van der Waals surface area contributed by atoms with Crippen molar-refractivity contribution in [2.75, 3.05) is 13.7 Å². The molecule has 1 amide bonds. The number of nitrogens with one attached hydrogen (secondary N) is 1. The van der Waals surface area contributed by atoms with Crippen molar-refractivity contribution in [3.05, 3.63) is 90.0 Å². The molecule has 0 aliphatic carbocycles. The number of hydrogen-bond donors (Lipinski definition) is 2. The maximum atomic E-state index is 13.3. The summed E-state index contributed by atoms with van der Waals surface area (Å²) in [5.74, 6) is 0.380. The van der Waals surface area contributed by atoms with Crippen molar-refractivity contribution in [3.63, 3.8) is 0 Å². The zero-order chi connectivity index (χ0) is 26.3. The predicted molar refractivity (Wildman–Crippen MR) is 140 cm³/mol. The first-order chi connectivity index (χ1) is 17.7. The van der Waals surface area contributed by atoms with Crippen molar-refractivity contribution in [2.45, 2.75) is 19.1 Å². The summed E-state index contributed by atoms with van der Waals surface area (Å²) < 4.78 is 45.3. The van der Waals surface area contributed by atoms with Crippen LogP contribution in [-0.4, -0.2) is 30.8 Å². The van der Waals surface area contributed by atoms with Gasteiger partial charge in [-0.25, -0.2) is 0 Å². The largest absolute Gasteiger partial charge is 0.496 e. The van der Waals surface area contributed by atoms with E-state index in [-0.39, 0.29) is 12.5 Å². The molecule has 188 valence electrons. The van der Waals surface area contributed by atoms with E-state index in [0.717, 1.165) is 50.0 Å². The molecule has 0 unspecified atom stereocenters. The van der Waals surface area contributed by atoms with Crippen LogP contribution in [0.3, 0.4) is 0 Å². The monoisotopic (exact) mass is 503 g/mol. The molecule has 0 radical (unpaired) electrons. The minimum atomic E-state index is -4.43. The summed E-state index contributed by atoms with van der Waals surface area (Å²) in [5.41, 5.74) is 1.10. The molecule has 37 heavy (non-hydrogen) atoms. The molecule has 5 rings (SSSR count). The molecule has 1 atom stereocenters. The first-order valence-corrected chi connectivity index (χ1v) is 11.8. The van der Waals surface area contributed by atoms with Crippen LogP contribution >= 0.6 is 0 Å². The molecular formula is C30H24F3NO3. The Balaban J connectivity index is 1.80. The Bertz CT molecular complexity index is 1640. The van der Waals surface area contributed by atoms with Crippen molar-refractivity contribution >= 4 is 38.2 Å². The summed E-state index contributed by atoms with van der Waals surface area (Å²) in [5, 5.41) is 17.2. The number of halogens is 3. The van der Waals surface area contributed by atoms with Crippen LogP contribution in [0.5, 0.6) is 5.75 Å². The lowest BCUT2D eigenvalue weighted by molar-refractivity contribution is -0.137. The minimum absolute atomic E-state index is 0.182. The Morgan fingerprint density at radius 3 is 2.27 bits per heavy atom. The van der Waals surface area contributed by atoms with Crippen LogP contribution in [-0.2, 0) is 6.18 Å². The summed E-state index contributed by atoms with van der Waals surface area (Å²) in [7, 11) is 1.60. The normalized spacial score (nSPS) is 12.7. The summed E-state index contributed by atoms with van der Waals surface area (Å²) in [6.45, 7) is 1.52. The lowest BCUT2D eigenvalue weighted by atomic mass is 9.89. The Morgan fingerprint density at radius 1 is 0.892 bits per heavy atom. The van der Waals surface area contributed by atoms with Gasteiger partial charge in [-0.05, 0) is 93.5 Å². The second kappa shape index (κ2) is 9.41. The van der Waals surface area contributed by atoms with Crippen LogP contribution in [0.15, 0.2) is 78.9 Å². The zero-order valence-corrected chi connectivity index (χ0v) is 20.2. The van der Waals surface area contributed by atoms with Crippen molar-refractivity contribution in [2.24, 2.45) is 0 Å². The fraction of sp³-hybridized carbons (Fsp3) is 0.167. The number of carbonyl (C=O) groups is 1. The number of fused-ring (bicyclic) bond motifs is 3. The second-order valence-electron chi connectivity index (χ2n) is 9.07. The van der Waals surface area contributed by atoms with Gasteiger partial charge in [-0.3, -0.25) is 4.79 Å². The first-order valence-electron chi connectivity index (χ1n) is 11.8. The van der Waals surface area contributed by atoms with Crippen LogP contribution in [0.4, 0.5) is 13.2 Å². The van der Waals surface area contributed by atoms with Crippen LogP contribution in [0, 0.1) is 0 Å². The number of carbonyl (C=O) groups excluding carboxylic acids is 1. The number of ether oxygens (including phenoxy) is 1. The number of aliphatic hydroxyl groups excluding tert-OH is 1. The Kier molecular flexibility index (Phi) is 6.25. The highest BCUT2D eigenvalue weighted by Gasteiger charge is 2.30. The molecule has 0 fully saturated rings. The van der Waals surface area contributed by atoms with E-state index in [9.17, 15) is 23.1 Å². The SMILES string of the molecule is COc1cccc2cc3cc4cc(C(=O)N[C@@H](C)CO)ccc4c(-c4ccc(C(F)(F)F)cc4)c3cc12. The van der Waals surface area contributed by atoms with E-state index < -0.39 is 17.8 Å². The summed E-state index contributed by atoms with van der Waals surface area (Å²) >= 11 is 0. The topological polar surface area (TPSA) is 58.6 Å². The maximum absolute atomic E-state index is 13.3. The fourth-order valence-corrected chi connectivity index (χ4v) is 4.68. The quantitative estimate of drug-likeness (QED) is 0.255. The standard InChI is InChI=1S/C30H24F3NO3/c1-17(16-35)34-29(36)20-8-11-24-21(13-20)14-22-12-19-4-3-5-27(37-2)25(19)15-26(22)28(24)18-6-9-23(10-7-18)30(31,32)33/h3-15,17,35H,16H2,1-2H3,(H,34,36)/t17-/m0/s1. The van der Waals surface area contributed by atoms with E-state index in [4.69, 9.17) is 4.74 Å². The van der Waals surface area contributed by atoms with E-state index in [1.165, 1.54) is 12.1 Å². The van der Waals surface area contributed by atoms with Crippen molar-refractivity contribution in [1.29, 1.82) is 0 Å². The molecule has 7 heteroatoms. The average molecular weight is 504 g/mol. The highest BCUT2D eigenvalue weighted by molar-refractivity contribution is 6.17. The van der Waals surface area contributed by atoms with Crippen molar-refractivity contribution < 1.29 is 27.8 Å². The van der Waals surface area contributed by atoms with Crippen LogP contribution < -0.4 is 10.1 Å². The molecule has 0 saturated carbocycles. The number of methoxy groups -OCH3 is 1. The van der Waals surface area contributed by atoms with E-state index in [1.54, 1.807) is 26.2 Å². The third-order valence-corrected chi connectivity index (χ3v) is 6.55. The van der Waals surface area contributed by atoms with Crippen molar-refractivity contribution in [1.82, 2.24) is 5.32 Å². The lowest BCUT2D eigenvalue weighted by Crippen LogP contribution is -2.34. The summed E-state index contributed by atoms with van der Waals surface area (Å²) in [4.78, 5) is 12.7. The summed E-state index contributed by atoms with van der Waals surface area (Å²) in [6.07, 6.45) is -4.43.